The van der Waals surface area contributed by atoms with E-state index in [1.165, 1.54) is 0 Å². The van der Waals surface area contributed by atoms with Crippen LogP contribution in [0.4, 0.5) is 5.69 Å². The molecule has 1 N–H and O–H groups in total. The predicted molar refractivity (Wildman–Crippen MR) is 84.6 cm³/mol. The van der Waals surface area contributed by atoms with Crippen molar-refractivity contribution < 1.29 is 9.21 Å². The highest BCUT2D eigenvalue weighted by molar-refractivity contribution is 6.30. The number of nitrogens with one attached hydrogen (secondary N) is 1. The number of hydrogen-bond donors (Lipinski definition) is 1. The number of benzene rings is 1. The Hall–Kier alpha value is -1.78. The maximum absolute atomic E-state index is 12.0. The summed E-state index contributed by atoms with van der Waals surface area (Å²) in [6, 6.07) is 9.24. The molecule has 2 aromatic rings. The van der Waals surface area contributed by atoms with Gasteiger partial charge in [0.15, 0.2) is 0 Å². The molecule has 1 heterocycles. The van der Waals surface area contributed by atoms with Gasteiger partial charge in [-0.25, -0.2) is 0 Å². The van der Waals surface area contributed by atoms with Gasteiger partial charge >= 0.3 is 0 Å². The number of carbonyl (C=O) groups is 1. The van der Waals surface area contributed by atoms with Crippen LogP contribution >= 0.6 is 11.6 Å². The number of nitrogens with zero attached hydrogens (tertiary/aromatic N) is 1. The zero-order chi connectivity index (χ0) is 15.4. The summed E-state index contributed by atoms with van der Waals surface area (Å²) in [4.78, 5) is 13.9. The second-order valence-electron chi connectivity index (χ2n) is 5.19. The lowest BCUT2D eigenvalue weighted by Crippen LogP contribution is -2.29. The summed E-state index contributed by atoms with van der Waals surface area (Å²) in [6.45, 7) is 4.71. The fraction of sp³-hybridized carbons (Fsp3) is 0.312. The third kappa shape index (κ3) is 4.62. The molecule has 0 radical (unpaired) electrons. The van der Waals surface area contributed by atoms with Gasteiger partial charge in [-0.2, -0.15) is 0 Å². The normalized spacial score (nSPS) is 10.9. The van der Waals surface area contributed by atoms with E-state index in [1.54, 1.807) is 6.07 Å². The zero-order valence-corrected chi connectivity index (χ0v) is 13.2. The largest absolute Gasteiger partial charge is 0.465 e. The van der Waals surface area contributed by atoms with Crippen LogP contribution in [0.3, 0.4) is 0 Å². The molecule has 1 aromatic heterocycles. The first-order valence-electron chi connectivity index (χ1n) is 6.74. The van der Waals surface area contributed by atoms with Crippen molar-refractivity contribution in [3.8, 4) is 0 Å². The number of halogens is 1. The Morgan fingerprint density at radius 2 is 2.05 bits per heavy atom. The number of carbonyl (C=O) groups excluding carboxylic acids is 1. The molecule has 0 aliphatic heterocycles. The van der Waals surface area contributed by atoms with Gasteiger partial charge in [0.2, 0.25) is 5.91 Å². The van der Waals surface area contributed by atoms with E-state index in [-0.39, 0.29) is 5.91 Å². The Bertz CT molecular complexity index is 637. The molecule has 1 aromatic carbocycles. The van der Waals surface area contributed by atoms with Crippen molar-refractivity contribution >= 4 is 23.2 Å². The van der Waals surface area contributed by atoms with Gasteiger partial charge in [-0.3, -0.25) is 9.69 Å². The lowest BCUT2D eigenvalue weighted by Gasteiger charge is -2.15. The van der Waals surface area contributed by atoms with Crippen molar-refractivity contribution in [1.29, 1.82) is 0 Å². The van der Waals surface area contributed by atoms with Gasteiger partial charge in [-0.05, 0) is 56.8 Å². The van der Waals surface area contributed by atoms with Gasteiger partial charge in [-0.1, -0.05) is 11.6 Å². The Kier molecular flexibility index (Phi) is 5.04. The summed E-state index contributed by atoms with van der Waals surface area (Å²) < 4.78 is 5.50. The number of furan rings is 1. The molecule has 0 aliphatic rings. The highest BCUT2D eigenvalue weighted by Crippen LogP contribution is 2.19. The number of amides is 1. The third-order valence-electron chi connectivity index (χ3n) is 3.10. The molecule has 0 unspecified atom stereocenters. The van der Waals surface area contributed by atoms with Crippen LogP contribution in [0.15, 0.2) is 34.7 Å². The summed E-state index contributed by atoms with van der Waals surface area (Å²) in [7, 11) is 1.88. The SMILES string of the molecule is Cc1ccc(CN(C)CC(=O)Nc2ccc(Cl)cc2C)o1. The van der Waals surface area contributed by atoms with Crippen molar-refractivity contribution in [3.05, 3.63) is 52.4 Å². The van der Waals surface area contributed by atoms with E-state index in [0.29, 0.717) is 18.1 Å². The summed E-state index contributed by atoms with van der Waals surface area (Å²) >= 11 is 5.90. The van der Waals surface area contributed by atoms with Gasteiger partial charge in [0, 0.05) is 10.7 Å². The lowest BCUT2D eigenvalue weighted by molar-refractivity contribution is -0.117. The van der Waals surface area contributed by atoms with Gasteiger partial charge < -0.3 is 9.73 Å². The van der Waals surface area contributed by atoms with Crippen LogP contribution in [-0.2, 0) is 11.3 Å². The second-order valence-corrected chi connectivity index (χ2v) is 5.63. The van der Waals surface area contributed by atoms with Crippen LogP contribution in [0.1, 0.15) is 17.1 Å². The molecule has 2 rings (SSSR count). The van der Waals surface area contributed by atoms with Gasteiger partial charge in [0.1, 0.15) is 11.5 Å². The predicted octanol–water partition coefficient (Wildman–Crippen LogP) is 3.62. The number of anilines is 1. The summed E-state index contributed by atoms with van der Waals surface area (Å²) in [6.07, 6.45) is 0. The summed E-state index contributed by atoms with van der Waals surface area (Å²) in [5.41, 5.74) is 1.73. The molecule has 0 bridgehead atoms. The molecule has 21 heavy (non-hydrogen) atoms. The van der Waals surface area contributed by atoms with Gasteiger partial charge in [0.25, 0.3) is 0 Å². The molecular weight excluding hydrogens is 288 g/mol. The minimum Gasteiger partial charge on any atom is -0.465 e. The number of likely N-dealkylation sites (N-methyl/N-ethyl adjacent to an activating group) is 1. The van der Waals surface area contributed by atoms with Crippen molar-refractivity contribution in [2.45, 2.75) is 20.4 Å². The minimum absolute atomic E-state index is 0.0637. The fourth-order valence-electron chi connectivity index (χ4n) is 2.09. The molecule has 0 saturated heterocycles. The van der Waals surface area contributed by atoms with Crippen LogP contribution in [0.5, 0.6) is 0 Å². The molecule has 5 heteroatoms. The molecule has 0 atom stereocenters. The van der Waals surface area contributed by atoms with Gasteiger partial charge in [-0.15, -0.1) is 0 Å². The van der Waals surface area contributed by atoms with E-state index < -0.39 is 0 Å². The molecular formula is C16H19ClN2O2. The van der Waals surface area contributed by atoms with Crippen LogP contribution in [-0.4, -0.2) is 24.4 Å². The van der Waals surface area contributed by atoms with E-state index >= 15 is 0 Å². The van der Waals surface area contributed by atoms with E-state index in [4.69, 9.17) is 16.0 Å². The topological polar surface area (TPSA) is 45.5 Å². The van der Waals surface area contributed by atoms with Gasteiger partial charge in [0.05, 0.1) is 13.1 Å². The molecule has 4 nitrogen and oxygen atoms in total. The van der Waals surface area contributed by atoms with E-state index in [1.807, 2.05) is 50.1 Å². The van der Waals surface area contributed by atoms with Crippen molar-refractivity contribution in [2.24, 2.45) is 0 Å². The van der Waals surface area contributed by atoms with E-state index in [2.05, 4.69) is 5.32 Å². The van der Waals surface area contributed by atoms with Crippen molar-refractivity contribution in [1.82, 2.24) is 4.90 Å². The average Bonchev–Trinajstić information content (AvgIpc) is 2.78. The maximum Gasteiger partial charge on any atom is 0.238 e. The Morgan fingerprint density at radius 3 is 2.67 bits per heavy atom. The van der Waals surface area contributed by atoms with Crippen LogP contribution in [0, 0.1) is 13.8 Å². The van der Waals surface area contributed by atoms with Crippen LogP contribution in [0.2, 0.25) is 5.02 Å². The number of hydrogen-bond acceptors (Lipinski definition) is 3. The van der Waals surface area contributed by atoms with E-state index in [0.717, 1.165) is 22.8 Å². The highest BCUT2D eigenvalue weighted by atomic mass is 35.5. The van der Waals surface area contributed by atoms with Crippen LogP contribution < -0.4 is 5.32 Å². The van der Waals surface area contributed by atoms with Crippen molar-refractivity contribution in [3.63, 3.8) is 0 Å². The molecule has 0 saturated carbocycles. The monoisotopic (exact) mass is 306 g/mol. The quantitative estimate of drug-likeness (QED) is 0.917. The minimum atomic E-state index is -0.0637. The zero-order valence-electron chi connectivity index (χ0n) is 12.4. The molecule has 112 valence electrons. The number of aryl methyl sites for hydroxylation is 2. The Balaban J connectivity index is 1.89. The molecule has 1 amide bonds. The first-order valence-corrected chi connectivity index (χ1v) is 7.11. The third-order valence-corrected chi connectivity index (χ3v) is 3.33. The lowest BCUT2D eigenvalue weighted by atomic mass is 10.2. The Morgan fingerprint density at radius 1 is 1.29 bits per heavy atom. The number of rotatable bonds is 5. The second kappa shape index (κ2) is 6.78. The Labute approximate surface area is 129 Å². The molecule has 0 fully saturated rings. The first kappa shape index (κ1) is 15.6. The maximum atomic E-state index is 12.0. The first-order chi connectivity index (χ1) is 9.94. The fourth-order valence-corrected chi connectivity index (χ4v) is 2.32. The highest BCUT2D eigenvalue weighted by Gasteiger charge is 2.10. The van der Waals surface area contributed by atoms with Crippen molar-refractivity contribution in [2.75, 3.05) is 18.9 Å². The summed E-state index contributed by atoms with van der Waals surface area (Å²) in [5.74, 6) is 1.66. The smallest absolute Gasteiger partial charge is 0.238 e. The van der Waals surface area contributed by atoms with E-state index in [9.17, 15) is 4.79 Å². The van der Waals surface area contributed by atoms with Crippen LogP contribution in [0.25, 0.3) is 0 Å². The average molecular weight is 307 g/mol. The summed E-state index contributed by atoms with van der Waals surface area (Å²) in [5, 5.41) is 3.55. The standard InChI is InChI=1S/C16H19ClN2O2/c1-11-8-13(17)5-7-15(11)18-16(20)10-19(3)9-14-6-4-12(2)21-14/h4-8H,9-10H2,1-3H3,(H,18,20). The molecule has 0 aliphatic carbocycles. The molecule has 0 spiro atoms.